The third kappa shape index (κ3) is 4.43. The first kappa shape index (κ1) is 16.2. The second-order valence-electron chi connectivity index (χ2n) is 5.82. The van der Waals surface area contributed by atoms with E-state index in [2.05, 4.69) is 28.1 Å². The summed E-state index contributed by atoms with van der Waals surface area (Å²) in [5.41, 5.74) is 1.89. The fourth-order valence-electron chi connectivity index (χ4n) is 2.85. The number of amides is 1. The van der Waals surface area contributed by atoms with Crippen molar-refractivity contribution < 1.29 is 9.53 Å². The zero-order valence-corrected chi connectivity index (χ0v) is 14.5. The van der Waals surface area contributed by atoms with Gasteiger partial charge >= 0.3 is 0 Å². The molecule has 3 rings (SSSR count). The minimum absolute atomic E-state index is 0.0827. The van der Waals surface area contributed by atoms with E-state index < -0.39 is 0 Å². The van der Waals surface area contributed by atoms with Crippen LogP contribution in [0.25, 0.3) is 0 Å². The molecule has 0 bridgehead atoms. The summed E-state index contributed by atoms with van der Waals surface area (Å²) in [6.45, 7) is 2.07. The van der Waals surface area contributed by atoms with Gasteiger partial charge in [0.2, 0.25) is 0 Å². The van der Waals surface area contributed by atoms with Crippen LogP contribution >= 0.6 is 15.9 Å². The van der Waals surface area contributed by atoms with Crippen molar-refractivity contribution in [3.8, 4) is 0 Å². The van der Waals surface area contributed by atoms with Crippen LogP contribution in [0.2, 0.25) is 0 Å². The Hall–Kier alpha value is -1.65. The fraction of sp³-hybridized carbons (Fsp3) is 0.316. The van der Waals surface area contributed by atoms with Gasteiger partial charge in [-0.05, 0) is 36.6 Å². The highest BCUT2D eigenvalue weighted by Gasteiger charge is 2.25. The van der Waals surface area contributed by atoms with Crippen LogP contribution in [0.15, 0.2) is 59.1 Å². The molecule has 2 aromatic carbocycles. The molecule has 1 aliphatic heterocycles. The summed E-state index contributed by atoms with van der Waals surface area (Å²) in [7, 11) is 0. The number of piperidine rings is 1. The Morgan fingerprint density at radius 1 is 1.17 bits per heavy atom. The lowest BCUT2D eigenvalue weighted by atomic mass is 10.1. The summed E-state index contributed by atoms with van der Waals surface area (Å²) >= 11 is 3.42. The molecule has 120 valence electrons. The summed E-state index contributed by atoms with van der Waals surface area (Å²) in [6.07, 6.45) is 2.11. The van der Waals surface area contributed by atoms with Crippen LogP contribution in [0.3, 0.4) is 0 Å². The standard InChI is InChI=1S/C19H20BrNO2/c20-17-9-4-8-16(12-17)19(22)21-11-5-10-18(13-21)23-14-15-6-2-1-3-7-15/h1-4,6-9,12,18H,5,10-11,13-14H2/t18-/m1/s1. The molecule has 1 atom stereocenters. The van der Waals surface area contributed by atoms with E-state index in [4.69, 9.17) is 4.74 Å². The number of nitrogens with zero attached hydrogens (tertiary/aromatic N) is 1. The molecular formula is C19H20BrNO2. The smallest absolute Gasteiger partial charge is 0.253 e. The summed E-state index contributed by atoms with van der Waals surface area (Å²) in [5.74, 6) is 0.0827. The van der Waals surface area contributed by atoms with Gasteiger partial charge < -0.3 is 9.64 Å². The quantitative estimate of drug-likeness (QED) is 0.800. The lowest BCUT2D eigenvalue weighted by Crippen LogP contribution is -2.43. The van der Waals surface area contributed by atoms with Crippen LogP contribution < -0.4 is 0 Å². The zero-order chi connectivity index (χ0) is 16.1. The van der Waals surface area contributed by atoms with E-state index in [0.29, 0.717) is 13.2 Å². The summed E-state index contributed by atoms with van der Waals surface area (Å²) in [4.78, 5) is 14.5. The monoisotopic (exact) mass is 373 g/mol. The molecule has 3 nitrogen and oxygen atoms in total. The third-order valence-electron chi connectivity index (χ3n) is 4.07. The number of rotatable bonds is 4. The molecule has 0 spiro atoms. The molecule has 0 saturated carbocycles. The van der Waals surface area contributed by atoms with Gasteiger partial charge in [0.25, 0.3) is 5.91 Å². The minimum Gasteiger partial charge on any atom is -0.372 e. The maximum absolute atomic E-state index is 12.6. The first-order valence-electron chi connectivity index (χ1n) is 7.93. The molecule has 23 heavy (non-hydrogen) atoms. The number of ether oxygens (including phenoxy) is 1. The minimum atomic E-state index is 0.0827. The van der Waals surface area contributed by atoms with Crippen LogP contribution in [0.4, 0.5) is 0 Å². The van der Waals surface area contributed by atoms with E-state index >= 15 is 0 Å². The number of carbonyl (C=O) groups is 1. The molecule has 0 N–H and O–H groups in total. The van der Waals surface area contributed by atoms with Crippen molar-refractivity contribution >= 4 is 21.8 Å². The predicted molar refractivity (Wildman–Crippen MR) is 94.3 cm³/mol. The zero-order valence-electron chi connectivity index (χ0n) is 13.0. The summed E-state index contributed by atoms with van der Waals surface area (Å²) < 4.78 is 6.93. The molecule has 2 aromatic rings. The van der Waals surface area contributed by atoms with Gasteiger partial charge in [0, 0.05) is 23.1 Å². The van der Waals surface area contributed by atoms with Crippen LogP contribution in [-0.2, 0) is 11.3 Å². The Kier molecular flexibility index (Phi) is 5.47. The lowest BCUT2D eigenvalue weighted by molar-refractivity contribution is -0.00672. The lowest BCUT2D eigenvalue weighted by Gasteiger charge is -2.32. The molecule has 1 amide bonds. The van der Waals surface area contributed by atoms with Gasteiger partial charge in [-0.15, -0.1) is 0 Å². The molecule has 1 saturated heterocycles. The molecular weight excluding hydrogens is 354 g/mol. The highest BCUT2D eigenvalue weighted by Crippen LogP contribution is 2.19. The van der Waals surface area contributed by atoms with Gasteiger partial charge in [-0.3, -0.25) is 4.79 Å². The number of hydrogen-bond donors (Lipinski definition) is 0. The third-order valence-corrected chi connectivity index (χ3v) is 4.56. The van der Waals surface area contributed by atoms with Gasteiger partial charge in [-0.1, -0.05) is 52.3 Å². The van der Waals surface area contributed by atoms with Crippen molar-refractivity contribution in [2.75, 3.05) is 13.1 Å². The Balaban J connectivity index is 1.58. The van der Waals surface area contributed by atoms with E-state index in [-0.39, 0.29) is 12.0 Å². The second kappa shape index (κ2) is 7.75. The van der Waals surface area contributed by atoms with Gasteiger partial charge in [-0.25, -0.2) is 0 Å². The molecule has 4 heteroatoms. The van der Waals surface area contributed by atoms with Gasteiger partial charge in [-0.2, -0.15) is 0 Å². The van der Waals surface area contributed by atoms with Crippen LogP contribution in [0, 0.1) is 0 Å². The number of halogens is 1. The van der Waals surface area contributed by atoms with Crippen molar-refractivity contribution in [2.24, 2.45) is 0 Å². The van der Waals surface area contributed by atoms with Crippen molar-refractivity contribution in [1.82, 2.24) is 4.90 Å². The summed E-state index contributed by atoms with van der Waals surface area (Å²) in [5, 5.41) is 0. The predicted octanol–water partition coefficient (Wildman–Crippen LogP) is 4.27. The Bertz CT molecular complexity index is 659. The Morgan fingerprint density at radius 3 is 2.78 bits per heavy atom. The topological polar surface area (TPSA) is 29.5 Å². The fourth-order valence-corrected chi connectivity index (χ4v) is 3.25. The maximum atomic E-state index is 12.6. The van der Waals surface area contributed by atoms with E-state index in [1.165, 1.54) is 5.56 Å². The van der Waals surface area contributed by atoms with Gasteiger partial charge in [0.1, 0.15) is 0 Å². The van der Waals surface area contributed by atoms with E-state index in [1.54, 1.807) is 0 Å². The van der Waals surface area contributed by atoms with Gasteiger partial charge in [0.05, 0.1) is 12.7 Å². The first-order valence-corrected chi connectivity index (χ1v) is 8.72. The van der Waals surface area contributed by atoms with Crippen molar-refractivity contribution in [1.29, 1.82) is 0 Å². The summed E-state index contributed by atoms with van der Waals surface area (Å²) in [6, 6.07) is 17.7. The molecule has 0 radical (unpaired) electrons. The van der Waals surface area contributed by atoms with Crippen LogP contribution in [-0.4, -0.2) is 30.0 Å². The number of hydrogen-bond acceptors (Lipinski definition) is 2. The van der Waals surface area contributed by atoms with Crippen molar-refractivity contribution in [3.05, 3.63) is 70.2 Å². The SMILES string of the molecule is O=C(c1cccc(Br)c1)N1CCC[C@@H](OCc2ccccc2)C1. The van der Waals surface area contributed by atoms with Crippen LogP contribution in [0.5, 0.6) is 0 Å². The van der Waals surface area contributed by atoms with E-state index in [0.717, 1.165) is 29.4 Å². The highest BCUT2D eigenvalue weighted by molar-refractivity contribution is 9.10. The molecule has 1 heterocycles. The Labute approximate surface area is 145 Å². The van der Waals surface area contributed by atoms with Crippen molar-refractivity contribution in [2.45, 2.75) is 25.6 Å². The number of benzene rings is 2. The van der Waals surface area contributed by atoms with Crippen molar-refractivity contribution in [3.63, 3.8) is 0 Å². The normalized spacial score (nSPS) is 18.0. The first-order chi connectivity index (χ1) is 11.2. The highest BCUT2D eigenvalue weighted by atomic mass is 79.9. The number of likely N-dealkylation sites (tertiary alicyclic amines) is 1. The average Bonchev–Trinajstić information content (AvgIpc) is 2.60. The molecule has 1 aliphatic rings. The second-order valence-corrected chi connectivity index (χ2v) is 6.74. The number of carbonyl (C=O) groups excluding carboxylic acids is 1. The van der Waals surface area contributed by atoms with E-state index in [1.807, 2.05) is 47.4 Å². The van der Waals surface area contributed by atoms with Gasteiger partial charge in [0.15, 0.2) is 0 Å². The average molecular weight is 374 g/mol. The molecule has 0 aliphatic carbocycles. The molecule has 1 fully saturated rings. The Morgan fingerprint density at radius 2 is 2.00 bits per heavy atom. The molecule has 0 unspecified atom stereocenters. The van der Waals surface area contributed by atoms with E-state index in [9.17, 15) is 4.79 Å². The maximum Gasteiger partial charge on any atom is 0.253 e. The largest absolute Gasteiger partial charge is 0.372 e. The molecule has 0 aromatic heterocycles. The van der Waals surface area contributed by atoms with Crippen LogP contribution in [0.1, 0.15) is 28.8 Å².